The molecule has 498 valence electrons. The van der Waals surface area contributed by atoms with Gasteiger partial charge in [0.2, 0.25) is 0 Å². The van der Waals surface area contributed by atoms with Gasteiger partial charge >= 0.3 is 0 Å². The van der Waals surface area contributed by atoms with E-state index < -0.39 is 0 Å². The number of unbranched alkanes of at least 4 members (excludes halogenated alkanes) is 16. The second-order valence-electron chi connectivity index (χ2n) is 23.5. The van der Waals surface area contributed by atoms with Gasteiger partial charge in [-0.3, -0.25) is 0 Å². The molecule has 13 nitrogen and oxygen atoms in total. The monoisotopic (exact) mass is 1350 g/mol. The summed E-state index contributed by atoms with van der Waals surface area (Å²) in [5.41, 5.74) is 5.70. The van der Waals surface area contributed by atoms with Crippen LogP contribution in [0.1, 0.15) is 240 Å². The molecule has 2 aliphatic rings. The van der Waals surface area contributed by atoms with Crippen LogP contribution in [0.4, 0.5) is 0 Å². The van der Waals surface area contributed by atoms with Crippen LogP contribution < -0.4 is 9.47 Å². The zero-order chi connectivity index (χ0) is 63.8. The van der Waals surface area contributed by atoms with E-state index in [4.69, 9.17) is 53.5 Å². The Morgan fingerprint density at radius 2 is 0.888 bits per heavy atom. The Morgan fingerprint density at radius 1 is 0.506 bits per heavy atom. The zero-order valence-electron chi connectivity index (χ0n) is 55.8. The van der Waals surface area contributed by atoms with Crippen molar-refractivity contribution in [3.8, 4) is 45.9 Å². The maximum atomic E-state index is 10.1. The van der Waals surface area contributed by atoms with Gasteiger partial charge in [-0.1, -0.05) is 166 Å². The molecule has 8 unspecified atom stereocenters. The Hall–Kier alpha value is -4.46. The number of aliphatic hydroxyl groups excluding tert-OH is 2. The van der Waals surface area contributed by atoms with Crippen molar-refractivity contribution in [2.75, 3.05) is 26.4 Å². The fraction of sp³-hybridized carbons (Fsp3) is 0.640. The lowest BCUT2D eigenvalue weighted by atomic mass is 9.96. The van der Waals surface area contributed by atoms with E-state index in [2.05, 4.69) is 45.0 Å². The van der Waals surface area contributed by atoms with Crippen molar-refractivity contribution in [1.29, 1.82) is 10.5 Å². The lowest BCUT2D eigenvalue weighted by molar-refractivity contribution is -0.275. The van der Waals surface area contributed by atoms with Crippen LogP contribution in [0.5, 0.6) is 11.5 Å². The van der Waals surface area contributed by atoms with E-state index in [0.717, 1.165) is 124 Å². The summed E-state index contributed by atoms with van der Waals surface area (Å²) in [7, 11) is 0. The Balaban J connectivity index is 0.000000580. The number of halogens is 1. The molecule has 2 N–H and O–H groups in total. The molecule has 89 heavy (non-hydrogen) atoms. The number of nitriles is 2. The van der Waals surface area contributed by atoms with Crippen LogP contribution in [-0.2, 0) is 33.2 Å². The van der Waals surface area contributed by atoms with Gasteiger partial charge < -0.3 is 52.9 Å². The first kappa shape index (κ1) is 80.6. The Labute approximate surface area is 555 Å². The van der Waals surface area contributed by atoms with Gasteiger partial charge in [0.25, 0.3) is 0 Å². The normalized spacial score (nSPS) is 18.4. The molecule has 0 bridgehead atoms. The van der Waals surface area contributed by atoms with Gasteiger partial charge in [-0.2, -0.15) is 10.5 Å². The molecule has 4 aromatic carbocycles. The third-order valence-corrected chi connectivity index (χ3v) is 15.7. The Morgan fingerprint density at radius 3 is 1.29 bits per heavy atom. The molecule has 6 rings (SSSR count). The highest BCUT2D eigenvalue weighted by molar-refractivity contribution is 14.0. The van der Waals surface area contributed by atoms with E-state index in [-0.39, 0.29) is 79.5 Å². The minimum atomic E-state index is -0.380. The molecular formula is C75H115IN2O11. The first-order valence-corrected chi connectivity index (χ1v) is 34.0. The van der Waals surface area contributed by atoms with E-state index in [0.29, 0.717) is 37.4 Å². The average Bonchev–Trinajstić information content (AvgIpc) is 3.72. The largest absolute Gasteiger partial charge is 0.494 e. The fourth-order valence-electron chi connectivity index (χ4n) is 10.4. The minimum absolute atomic E-state index is 0. The number of aldehydes is 1. The van der Waals surface area contributed by atoms with Crippen LogP contribution in [0.25, 0.3) is 22.3 Å². The molecule has 8 atom stereocenters. The molecule has 2 fully saturated rings. The van der Waals surface area contributed by atoms with E-state index in [1.165, 1.54) is 89.9 Å². The van der Waals surface area contributed by atoms with Crippen LogP contribution in [0.2, 0.25) is 0 Å². The SMILES string of the molecule is CCC(C)O.CCCCCCCC1OC(CC)CC(CC2CC(CC(C)O)OC(CCCCCCCCCCOc3ccc(-c4ccc(C#N)cc4)cc3)O2)O1.CCCCCCCC=O.CCOC(COc1ccc(-c2ccc(C#N)cc2)cc1)OCC.I. The van der Waals surface area contributed by atoms with Gasteiger partial charge in [0.15, 0.2) is 18.9 Å². The molecule has 2 aliphatic heterocycles. The van der Waals surface area contributed by atoms with E-state index in [1.54, 1.807) is 6.92 Å². The van der Waals surface area contributed by atoms with Gasteiger partial charge in [0, 0.05) is 38.9 Å². The lowest BCUT2D eigenvalue weighted by Gasteiger charge is -2.40. The first-order chi connectivity index (χ1) is 42.9. The number of ether oxygens (including phenoxy) is 8. The average molecular weight is 1350 g/mol. The third-order valence-electron chi connectivity index (χ3n) is 15.7. The predicted molar refractivity (Wildman–Crippen MR) is 370 cm³/mol. The highest BCUT2D eigenvalue weighted by Gasteiger charge is 2.36. The molecule has 0 amide bonds. The third kappa shape index (κ3) is 37.6. The molecule has 0 saturated carbocycles. The summed E-state index contributed by atoms with van der Waals surface area (Å²) < 4.78 is 48.2. The van der Waals surface area contributed by atoms with Crippen LogP contribution in [0, 0.1) is 22.7 Å². The number of hydrogen-bond donors (Lipinski definition) is 2. The van der Waals surface area contributed by atoms with Crippen LogP contribution in [0.3, 0.4) is 0 Å². The van der Waals surface area contributed by atoms with Crippen molar-refractivity contribution in [2.24, 2.45) is 0 Å². The molecule has 0 spiro atoms. The second kappa shape index (κ2) is 52.1. The second-order valence-corrected chi connectivity index (χ2v) is 23.5. The molecule has 4 aromatic rings. The topological polar surface area (TPSA) is 179 Å². The highest BCUT2D eigenvalue weighted by Crippen LogP contribution is 2.33. The van der Waals surface area contributed by atoms with Crippen molar-refractivity contribution in [1.82, 2.24) is 0 Å². The molecule has 0 aliphatic carbocycles. The maximum absolute atomic E-state index is 10.1. The summed E-state index contributed by atoms with van der Waals surface area (Å²) in [4.78, 5) is 9.84. The Bertz CT molecular complexity index is 2390. The van der Waals surface area contributed by atoms with Crippen molar-refractivity contribution >= 4 is 30.3 Å². The molecule has 14 heteroatoms. The summed E-state index contributed by atoms with van der Waals surface area (Å²) in [5, 5.41) is 36.3. The van der Waals surface area contributed by atoms with Gasteiger partial charge in [0.1, 0.15) is 24.4 Å². The van der Waals surface area contributed by atoms with Gasteiger partial charge in [-0.25, -0.2) is 0 Å². The number of aliphatic hydroxyl groups is 2. The van der Waals surface area contributed by atoms with Gasteiger partial charge in [-0.15, -0.1) is 24.0 Å². The number of rotatable bonds is 39. The van der Waals surface area contributed by atoms with E-state index in [1.807, 2.05) is 113 Å². The van der Waals surface area contributed by atoms with E-state index >= 15 is 0 Å². The summed E-state index contributed by atoms with van der Waals surface area (Å²) in [6.45, 7) is 18.4. The summed E-state index contributed by atoms with van der Waals surface area (Å²) in [6, 6.07) is 35.5. The molecule has 0 aromatic heterocycles. The molecule has 2 saturated heterocycles. The summed E-state index contributed by atoms with van der Waals surface area (Å²) >= 11 is 0. The Kier molecular flexibility index (Phi) is 47.2. The zero-order valence-corrected chi connectivity index (χ0v) is 58.1. The maximum Gasteiger partial charge on any atom is 0.191 e. The summed E-state index contributed by atoms with van der Waals surface area (Å²) in [6.07, 6.45) is 30.2. The number of carbonyl (C=O) groups is 1. The van der Waals surface area contributed by atoms with Crippen molar-refractivity contribution < 1.29 is 52.9 Å². The number of carbonyl (C=O) groups excluding carboxylic acids is 1. The predicted octanol–water partition coefficient (Wildman–Crippen LogP) is 19.0. The summed E-state index contributed by atoms with van der Waals surface area (Å²) in [5.74, 6) is 1.67. The van der Waals surface area contributed by atoms with Crippen molar-refractivity contribution in [2.45, 2.75) is 284 Å². The first-order valence-electron chi connectivity index (χ1n) is 34.0. The minimum Gasteiger partial charge on any atom is -0.494 e. The fourth-order valence-corrected chi connectivity index (χ4v) is 10.4. The number of nitrogens with zero attached hydrogens (tertiary/aromatic N) is 2. The van der Waals surface area contributed by atoms with Crippen molar-refractivity contribution in [3.05, 3.63) is 108 Å². The lowest BCUT2D eigenvalue weighted by Crippen LogP contribution is -2.44. The molecule has 2 heterocycles. The highest BCUT2D eigenvalue weighted by atomic mass is 127. The quantitative estimate of drug-likeness (QED) is 0.0187. The van der Waals surface area contributed by atoms with Crippen LogP contribution >= 0.6 is 24.0 Å². The molecule has 0 radical (unpaired) electrons. The molecular weight excluding hydrogens is 1230 g/mol. The van der Waals surface area contributed by atoms with Crippen LogP contribution in [0.15, 0.2) is 97.1 Å². The van der Waals surface area contributed by atoms with Gasteiger partial charge in [-0.05, 0) is 156 Å². The standard InChI is InChI=1S/C44H67NO6.C19H21NO3.C8H16O.C4H10O.HI/c1-4-6-7-12-15-18-43-48-38(5-2)30-41(50-43)32-42-31-40(29-34(3)46)49-44(51-42)19-16-13-10-8-9-11-14-17-28-47-39-26-24-37(25-27-39)36-22-20-35(33-45)21-23-36;1-3-21-19(22-4-2)14-23-18-11-9-17(10-12-18)16-7-5-15(13-20)6-8-16;1-2-3-4-5-6-7-8-9;1-3-4(2)5;/h20-27,34,38,40-44,46H,4-19,28-32H2,1-3H3;5-12,19H,3-4,14H2,1-2H3;8H,2-7H2,1H3;4-5H,3H2,1-2H3;1H. The number of benzene rings is 4. The number of hydrogen-bond acceptors (Lipinski definition) is 13. The van der Waals surface area contributed by atoms with Crippen molar-refractivity contribution in [3.63, 3.8) is 0 Å². The van der Waals surface area contributed by atoms with Gasteiger partial charge in [0.05, 0.1) is 66.5 Å². The van der Waals surface area contributed by atoms with E-state index in [9.17, 15) is 9.90 Å². The van der Waals surface area contributed by atoms with Crippen LogP contribution in [-0.4, -0.2) is 98.4 Å². The smallest absolute Gasteiger partial charge is 0.191 e.